The molecule has 1 nitrogen and oxygen atoms in total. The maximum absolute atomic E-state index is 12.8. The molecule has 1 fully saturated rings. The Balaban J connectivity index is 2.61. The van der Waals surface area contributed by atoms with Crippen LogP contribution in [0.5, 0.6) is 0 Å². The Hall–Kier alpha value is -1.24. The quantitative estimate of drug-likeness (QED) is 0.811. The summed E-state index contributed by atoms with van der Waals surface area (Å²) >= 11 is 0. The SMILES string of the molecule is NC(c1c(C(F)(F)F)cccc1C(F)(F)F)C1CC1. The second kappa shape index (κ2) is 4.40. The van der Waals surface area contributed by atoms with Crippen molar-refractivity contribution < 1.29 is 26.3 Å². The largest absolute Gasteiger partial charge is 0.416 e. The van der Waals surface area contributed by atoms with Gasteiger partial charge >= 0.3 is 12.4 Å². The molecule has 0 aliphatic heterocycles. The van der Waals surface area contributed by atoms with Crippen molar-refractivity contribution in [2.24, 2.45) is 11.7 Å². The summed E-state index contributed by atoms with van der Waals surface area (Å²) in [6, 6.07) is 0.823. The van der Waals surface area contributed by atoms with Crippen LogP contribution in [-0.2, 0) is 12.4 Å². The van der Waals surface area contributed by atoms with Crippen molar-refractivity contribution in [1.82, 2.24) is 0 Å². The molecule has 0 radical (unpaired) electrons. The molecule has 106 valence electrons. The molecule has 0 saturated heterocycles. The van der Waals surface area contributed by atoms with Crippen molar-refractivity contribution in [3.8, 4) is 0 Å². The highest BCUT2D eigenvalue weighted by molar-refractivity contribution is 5.42. The van der Waals surface area contributed by atoms with Crippen molar-refractivity contribution in [2.45, 2.75) is 31.2 Å². The van der Waals surface area contributed by atoms with E-state index in [2.05, 4.69) is 0 Å². The molecule has 0 amide bonds. The van der Waals surface area contributed by atoms with E-state index in [1.807, 2.05) is 0 Å². The van der Waals surface area contributed by atoms with Crippen LogP contribution in [0.4, 0.5) is 26.3 Å². The molecule has 1 aliphatic carbocycles. The molecule has 1 saturated carbocycles. The summed E-state index contributed by atoms with van der Waals surface area (Å²) in [5, 5.41) is 0. The van der Waals surface area contributed by atoms with E-state index in [1.54, 1.807) is 0 Å². The zero-order chi connectivity index (χ0) is 14.4. The Kier molecular flexibility index (Phi) is 3.28. The Morgan fingerprint density at radius 1 is 0.947 bits per heavy atom. The van der Waals surface area contributed by atoms with E-state index in [0.29, 0.717) is 25.0 Å². The van der Waals surface area contributed by atoms with Gasteiger partial charge < -0.3 is 5.73 Å². The highest BCUT2D eigenvalue weighted by Crippen LogP contribution is 2.47. The molecule has 1 aliphatic rings. The van der Waals surface area contributed by atoms with Gasteiger partial charge in [-0.1, -0.05) is 6.07 Å². The lowest BCUT2D eigenvalue weighted by Crippen LogP contribution is -2.24. The summed E-state index contributed by atoms with van der Waals surface area (Å²) < 4.78 is 77.0. The van der Waals surface area contributed by atoms with E-state index in [-0.39, 0.29) is 5.92 Å². The van der Waals surface area contributed by atoms with Gasteiger partial charge in [0.15, 0.2) is 0 Å². The molecule has 2 rings (SSSR count). The van der Waals surface area contributed by atoms with Gasteiger partial charge in [0.05, 0.1) is 11.1 Å². The van der Waals surface area contributed by atoms with Crippen LogP contribution in [0.25, 0.3) is 0 Å². The third-order valence-corrected chi connectivity index (χ3v) is 3.18. The van der Waals surface area contributed by atoms with Crippen LogP contribution in [-0.4, -0.2) is 0 Å². The minimum absolute atomic E-state index is 0.301. The third-order valence-electron chi connectivity index (χ3n) is 3.18. The standard InChI is InChI=1S/C12H11F6N/c13-11(14,15)7-2-1-3-8(12(16,17)18)9(7)10(19)6-4-5-6/h1-3,6,10H,4-5,19H2. The molecule has 1 atom stereocenters. The number of rotatable bonds is 2. The van der Waals surface area contributed by atoms with E-state index in [4.69, 9.17) is 5.73 Å². The second-order valence-corrected chi connectivity index (χ2v) is 4.63. The van der Waals surface area contributed by atoms with E-state index < -0.39 is 35.1 Å². The zero-order valence-electron chi connectivity index (χ0n) is 9.65. The van der Waals surface area contributed by atoms with E-state index in [9.17, 15) is 26.3 Å². The first-order valence-electron chi connectivity index (χ1n) is 5.65. The number of halogens is 6. The zero-order valence-corrected chi connectivity index (χ0v) is 9.65. The van der Waals surface area contributed by atoms with Gasteiger partial charge in [0, 0.05) is 6.04 Å². The third kappa shape index (κ3) is 2.86. The average molecular weight is 283 g/mol. The van der Waals surface area contributed by atoms with Crippen LogP contribution in [0, 0.1) is 5.92 Å². The summed E-state index contributed by atoms with van der Waals surface area (Å²) in [5.41, 5.74) is 2.19. The van der Waals surface area contributed by atoms with Crippen LogP contribution in [0.15, 0.2) is 18.2 Å². The summed E-state index contributed by atoms with van der Waals surface area (Å²) in [4.78, 5) is 0. The number of hydrogen-bond donors (Lipinski definition) is 1. The Morgan fingerprint density at radius 2 is 1.37 bits per heavy atom. The minimum atomic E-state index is -4.84. The molecule has 1 aromatic carbocycles. The molecular weight excluding hydrogens is 272 g/mol. The lowest BCUT2D eigenvalue weighted by molar-refractivity contribution is -0.144. The van der Waals surface area contributed by atoms with Gasteiger partial charge in [-0.05, 0) is 36.5 Å². The first-order valence-corrected chi connectivity index (χ1v) is 5.65. The predicted molar refractivity (Wildman–Crippen MR) is 56.1 cm³/mol. The molecule has 1 aromatic rings. The van der Waals surface area contributed by atoms with Crippen molar-refractivity contribution >= 4 is 0 Å². The highest BCUT2D eigenvalue weighted by atomic mass is 19.4. The first kappa shape index (κ1) is 14.2. The van der Waals surface area contributed by atoms with Gasteiger partial charge in [-0.15, -0.1) is 0 Å². The summed E-state index contributed by atoms with van der Waals surface area (Å²) in [6.07, 6.45) is -8.57. The monoisotopic (exact) mass is 283 g/mol. The molecular formula is C12H11F6N. The lowest BCUT2D eigenvalue weighted by atomic mass is 9.91. The van der Waals surface area contributed by atoms with Crippen LogP contribution in [0.3, 0.4) is 0 Å². The van der Waals surface area contributed by atoms with Crippen LogP contribution >= 0.6 is 0 Å². The van der Waals surface area contributed by atoms with Crippen molar-refractivity contribution in [3.63, 3.8) is 0 Å². The van der Waals surface area contributed by atoms with Crippen LogP contribution in [0.1, 0.15) is 35.6 Å². The van der Waals surface area contributed by atoms with Crippen molar-refractivity contribution in [2.75, 3.05) is 0 Å². The van der Waals surface area contributed by atoms with Crippen LogP contribution < -0.4 is 5.73 Å². The van der Waals surface area contributed by atoms with Gasteiger partial charge in [-0.25, -0.2) is 0 Å². The van der Waals surface area contributed by atoms with E-state index in [0.717, 1.165) is 6.07 Å². The Bertz CT molecular complexity index is 440. The molecule has 1 unspecified atom stereocenters. The predicted octanol–water partition coefficient (Wildman–Crippen LogP) is 4.13. The highest BCUT2D eigenvalue weighted by Gasteiger charge is 2.44. The molecule has 2 N–H and O–H groups in total. The van der Waals surface area contributed by atoms with Gasteiger partial charge in [0.1, 0.15) is 0 Å². The molecule has 19 heavy (non-hydrogen) atoms. The van der Waals surface area contributed by atoms with Gasteiger partial charge in [-0.2, -0.15) is 26.3 Å². The topological polar surface area (TPSA) is 26.0 Å². The van der Waals surface area contributed by atoms with Crippen molar-refractivity contribution in [3.05, 3.63) is 34.9 Å². The number of nitrogens with two attached hydrogens (primary N) is 1. The van der Waals surface area contributed by atoms with Gasteiger partial charge in [0.2, 0.25) is 0 Å². The molecule has 7 heteroatoms. The number of benzene rings is 1. The Morgan fingerprint density at radius 3 is 1.68 bits per heavy atom. The fourth-order valence-corrected chi connectivity index (χ4v) is 2.11. The number of hydrogen-bond acceptors (Lipinski definition) is 1. The normalized spacial score (nSPS) is 18.5. The minimum Gasteiger partial charge on any atom is -0.324 e. The summed E-state index contributed by atoms with van der Waals surface area (Å²) in [7, 11) is 0. The maximum atomic E-state index is 12.8. The molecule has 0 aromatic heterocycles. The van der Waals surface area contributed by atoms with Crippen LogP contribution in [0.2, 0.25) is 0 Å². The second-order valence-electron chi connectivity index (χ2n) is 4.63. The lowest BCUT2D eigenvalue weighted by Gasteiger charge is -2.22. The summed E-state index contributed by atoms with van der Waals surface area (Å²) in [5.74, 6) is -0.301. The average Bonchev–Trinajstić information content (AvgIpc) is 3.08. The van der Waals surface area contributed by atoms with Crippen molar-refractivity contribution in [1.29, 1.82) is 0 Å². The molecule has 0 bridgehead atoms. The molecule has 0 spiro atoms. The molecule has 0 heterocycles. The Labute approximate surface area is 105 Å². The van der Waals surface area contributed by atoms with E-state index >= 15 is 0 Å². The summed E-state index contributed by atoms with van der Waals surface area (Å²) in [6.45, 7) is 0. The smallest absolute Gasteiger partial charge is 0.324 e. The fraction of sp³-hybridized carbons (Fsp3) is 0.500. The first-order chi connectivity index (χ1) is 8.62. The number of alkyl halides is 6. The van der Waals surface area contributed by atoms with E-state index in [1.165, 1.54) is 0 Å². The maximum Gasteiger partial charge on any atom is 0.416 e. The fourth-order valence-electron chi connectivity index (χ4n) is 2.11. The van der Waals surface area contributed by atoms with Gasteiger partial charge in [-0.3, -0.25) is 0 Å². The van der Waals surface area contributed by atoms with Gasteiger partial charge in [0.25, 0.3) is 0 Å².